The fraction of sp³-hybridized carbons (Fsp3) is 0.667. The first-order chi connectivity index (χ1) is 6.81. The van der Waals surface area contributed by atoms with E-state index in [0.717, 1.165) is 18.3 Å². The summed E-state index contributed by atoms with van der Waals surface area (Å²) >= 11 is 0. The highest BCUT2D eigenvalue weighted by Crippen LogP contribution is 2.38. The van der Waals surface area contributed by atoms with Gasteiger partial charge in [-0.2, -0.15) is 0 Å². The highest BCUT2D eigenvalue weighted by Gasteiger charge is 2.32. The number of rotatable bonds is 5. The van der Waals surface area contributed by atoms with Gasteiger partial charge in [-0.15, -0.1) is 0 Å². The molecule has 1 saturated carbocycles. The molecule has 0 saturated heterocycles. The predicted molar refractivity (Wildman–Crippen MR) is 57.1 cm³/mol. The van der Waals surface area contributed by atoms with Crippen LogP contribution >= 0.6 is 0 Å². The van der Waals surface area contributed by atoms with Gasteiger partial charge in [0.05, 0.1) is 12.5 Å². The van der Waals surface area contributed by atoms with Crippen molar-refractivity contribution >= 4 is 0 Å². The molecule has 2 heteroatoms. The Morgan fingerprint density at radius 2 is 2.36 bits per heavy atom. The maximum absolute atomic E-state index is 5.09. The van der Waals surface area contributed by atoms with Crippen molar-refractivity contribution in [1.82, 2.24) is 5.32 Å². The zero-order valence-corrected chi connectivity index (χ0v) is 8.99. The zero-order chi connectivity index (χ0) is 9.97. The van der Waals surface area contributed by atoms with Crippen molar-refractivity contribution in [3.05, 3.63) is 24.2 Å². The lowest BCUT2D eigenvalue weighted by Gasteiger charge is -2.22. The summed E-state index contributed by atoms with van der Waals surface area (Å²) in [5.41, 5.74) is 1.30. The molecule has 1 aliphatic carbocycles. The topological polar surface area (TPSA) is 25.2 Å². The lowest BCUT2D eigenvalue weighted by atomic mass is 9.92. The second-order valence-corrected chi connectivity index (χ2v) is 4.43. The van der Waals surface area contributed by atoms with Gasteiger partial charge in [0, 0.05) is 6.04 Å². The van der Waals surface area contributed by atoms with E-state index in [0.29, 0.717) is 6.04 Å². The molecule has 2 unspecified atom stereocenters. The highest BCUT2D eigenvalue weighted by molar-refractivity contribution is 5.08. The van der Waals surface area contributed by atoms with Crippen LogP contribution in [0.25, 0.3) is 0 Å². The summed E-state index contributed by atoms with van der Waals surface area (Å²) in [4.78, 5) is 0. The third-order valence-electron chi connectivity index (χ3n) is 3.41. The average Bonchev–Trinajstić information content (AvgIpc) is 2.93. The molecule has 0 radical (unpaired) electrons. The minimum atomic E-state index is 0.597. The standard InChI is InChI=1S/C12H19NO/c1-9(11-3-4-11)12(13-2)7-10-5-6-14-8-10/h5-6,8-9,11-13H,3-4,7H2,1-2H3. The molecule has 0 amide bonds. The second-order valence-electron chi connectivity index (χ2n) is 4.43. The van der Waals surface area contributed by atoms with Crippen molar-refractivity contribution in [3.63, 3.8) is 0 Å². The number of hydrogen-bond acceptors (Lipinski definition) is 2. The summed E-state index contributed by atoms with van der Waals surface area (Å²) in [6, 6.07) is 2.66. The van der Waals surface area contributed by atoms with Crippen LogP contribution in [0.3, 0.4) is 0 Å². The van der Waals surface area contributed by atoms with E-state index >= 15 is 0 Å². The van der Waals surface area contributed by atoms with Crippen LogP contribution < -0.4 is 5.32 Å². The van der Waals surface area contributed by atoms with Crippen LogP contribution in [0.1, 0.15) is 25.3 Å². The first-order valence-electron chi connectivity index (χ1n) is 5.49. The van der Waals surface area contributed by atoms with Crippen molar-refractivity contribution in [2.45, 2.75) is 32.2 Å². The van der Waals surface area contributed by atoms with Gasteiger partial charge in [-0.05, 0) is 49.8 Å². The molecule has 0 bridgehead atoms. The Morgan fingerprint density at radius 1 is 1.57 bits per heavy atom. The van der Waals surface area contributed by atoms with Gasteiger partial charge in [0.25, 0.3) is 0 Å². The van der Waals surface area contributed by atoms with Crippen LogP contribution in [0.5, 0.6) is 0 Å². The fourth-order valence-electron chi connectivity index (χ4n) is 2.16. The van der Waals surface area contributed by atoms with E-state index in [9.17, 15) is 0 Å². The second kappa shape index (κ2) is 4.18. The molecular weight excluding hydrogens is 174 g/mol. The van der Waals surface area contributed by atoms with Gasteiger partial charge >= 0.3 is 0 Å². The van der Waals surface area contributed by atoms with Crippen LogP contribution in [0.2, 0.25) is 0 Å². The first kappa shape index (κ1) is 9.78. The van der Waals surface area contributed by atoms with Gasteiger partial charge in [-0.25, -0.2) is 0 Å². The van der Waals surface area contributed by atoms with Crippen molar-refractivity contribution < 1.29 is 4.42 Å². The Kier molecular flexibility index (Phi) is 2.92. The summed E-state index contributed by atoms with van der Waals surface area (Å²) in [6.45, 7) is 2.36. The Bertz CT molecular complexity index is 264. The van der Waals surface area contributed by atoms with E-state index in [1.807, 2.05) is 6.26 Å². The smallest absolute Gasteiger partial charge is 0.0935 e. The van der Waals surface area contributed by atoms with Crippen molar-refractivity contribution in [1.29, 1.82) is 0 Å². The molecule has 2 rings (SSSR count). The number of nitrogens with one attached hydrogen (secondary N) is 1. The number of hydrogen-bond donors (Lipinski definition) is 1. The summed E-state index contributed by atoms with van der Waals surface area (Å²) in [7, 11) is 2.06. The van der Waals surface area contributed by atoms with Crippen LogP contribution in [0, 0.1) is 11.8 Å². The van der Waals surface area contributed by atoms with E-state index in [1.54, 1.807) is 6.26 Å². The van der Waals surface area contributed by atoms with Crippen molar-refractivity contribution in [3.8, 4) is 0 Å². The third kappa shape index (κ3) is 2.18. The molecule has 1 heterocycles. The Labute approximate surface area is 85.7 Å². The quantitative estimate of drug-likeness (QED) is 0.777. The van der Waals surface area contributed by atoms with E-state index in [1.165, 1.54) is 18.4 Å². The minimum Gasteiger partial charge on any atom is -0.472 e. The summed E-state index contributed by atoms with van der Waals surface area (Å²) < 4.78 is 5.09. The fourth-order valence-corrected chi connectivity index (χ4v) is 2.16. The number of furan rings is 1. The largest absolute Gasteiger partial charge is 0.472 e. The molecule has 14 heavy (non-hydrogen) atoms. The third-order valence-corrected chi connectivity index (χ3v) is 3.41. The van der Waals surface area contributed by atoms with Gasteiger partial charge in [-0.1, -0.05) is 6.92 Å². The van der Waals surface area contributed by atoms with E-state index < -0.39 is 0 Å². The van der Waals surface area contributed by atoms with Crippen molar-refractivity contribution in [2.75, 3.05) is 7.05 Å². The molecule has 0 spiro atoms. The zero-order valence-electron chi connectivity index (χ0n) is 8.99. The number of likely N-dealkylation sites (N-methyl/N-ethyl adjacent to an activating group) is 1. The molecule has 2 atom stereocenters. The lowest BCUT2D eigenvalue weighted by Crippen LogP contribution is -2.35. The molecule has 0 aromatic carbocycles. The van der Waals surface area contributed by atoms with Crippen LogP contribution in [-0.2, 0) is 6.42 Å². The first-order valence-corrected chi connectivity index (χ1v) is 5.49. The molecule has 78 valence electrons. The Morgan fingerprint density at radius 3 is 2.86 bits per heavy atom. The predicted octanol–water partition coefficient (Wildman–Crippen LogP) is 2.46. The maximum atomic E-state index is 5.09. The van der Waals surface area contributed by atoms with E-state index in [-0.39, 0.29) is 0 Å². The van der Waals surface area contributed by atoms with E-state index in [2.05, 4.69) is 25.4 Å². The minimum absolute atomic E-state index is 0.597. The Balaban J connectivity index is 1.92. The van der Waals surface area contributed by atoms with Gasteiger partial charge < -0.3 is 9.73 Å². The van der Waals surface area contributed by atoms with Crippen LogP contribution in [-0.4, -0.2) is 13.1 Å². The molecule has 1 aromatic heterocycles. The summed E-state index contributed by atoms with van der Waals surface area (Å²) in [5, 5.41) is 3.42. The van der Waals surface area contributed by atoms with Crippen molar-refractivity contribution in [2.24, 2.45) is 11.8 Å². The molecule has 1 fully saturated rings. The monoisotopic (exact) mass is 193 g/mol. The van der Waals surface area contributed by atoms with Crippen LogP contribution in [0.4, 0.5) is 0 Å². The lowest BCUT2D eigenvalue weighted by molar-refractivity contribution is 0.357. The molecule has 0 aliphatic heterocycles. The Hall–Kier alpha value is -0.760. The molecular formula is C12H19NO. The normalized spacial score (nSPS) is 20.7. The van der Waals surface area contributed by atoms with Gasteiger partial charge in [-0.3, -0.25) is 0 Å². The van der Waals surface area contributed by atoms with Gasteiger partial charge in [0.2, 0.25) is 0 Å². The van der Waals surface area contributed by atoms with Crippen LogP contribution in [0.15, 0.2) is 23.0 Å². The average molecular weight is 193 g/mol. The van der Waals surface area contributed by atoms with E-state index in [4.69, 9.17) is 4.42 Å². The van der Waals surface area contributed by atoms with Gasteiger partial charge in [0.15, 0.2) is 0 Å². The highest BCUT2D eigenvalue weighted by atomic mass is 16.3. The molecule has 1 aromatic rings. The molecule has 1 aliphatic rings. The molecule has 1 N–H and O–H groups in total. The SMILES string of the molecule is CNC(Cc1ccoc1)C(C)C1CC1. The summed E-state index contributed by atoms with van der Waals surface area (Å²) in [5.74, 6) is 1.74. The molecule has 2 nitrogen and oxygen atoms in total. The maximum Gasteiger partial charge on any atom is 0.0935 e. The van der Waals surface area contributed by atoms with Gasteiger partial charge in [0.1, 0.15) is 0 Å². The summed E-state index contributed by atoms with van der Waals surface area (Å²) in [6.07, 6.45) is 7.54.